The van der Waals surface area contributed by atoms with Gasteiger partial charge in [-0.1, -0.05) is 60.7 Å². The molecule has 3 aliphatic carbocycles. The van der Waals surface area contributed by atoms with Crippen LogP contribution in [0.2, 0.25) is 0 Å². The van der Waals surface area contributed by atoms with Gasteiger partial charge in [-0.05, 0) is 54.4 Å². The van der Waals surface area contributed by atoms with Crippen LogP contribution in [-0.4, -0.2) is 41.8 Å². The minimum atomic E-state index is -0.797. The first-order chi connectivity index (χ1) is 17.0. The second-order valence-corrected chi connectivity index (χ2v) is 9.73. The van der Waals surface area contributed by atoms with Crippen LogP contribution in [0, 0.1) is 11.8 Å². The lowest BCUT2D eigenvalue weighted by atomic mass is 9.90. The van der Waals surface area contributed by atoms with Crippen molar-refractivity contribution < 1.29 is 24.2 Å². The zero-order valence-electron chi connectivity index (χ0n) is 19.5. The number of aliphatic carboxylic acids is 1. The molecule has 0 saturated heterocycles. The monoisotopic (exact) mass is 474 g/mol. The molecule has 182 valence electrons. The molecular weight excluding hydrogens is 444 g/mol. The van der Waals surface area contributed by atoms with E-state index in [1.165, 1.54) is 11.1 Å². The summed E-state index contributed by atoms with van der Waals surface area (Å²) in [5.74, 6) is -1.52. The number of carboxylic acid groups (broad SMARTS) is 1. The first kappa shape index (κ1) is 23.1. The molecule has 0 aromatic heterocycles. The second-order valence-electron chi connectivity index (χ2n) is 9.73. The molecule has 5 rings (SSSR count). The number of alkyl carbamates (subject to hydrolysis) is 1. The van der Waals surface area contributed by atoms with E-state index in [0.717, 1.165) is 11.1 Å². The van der Waals surface area contributed by atoms with E-state index in [9.17, 15) is 14.4 Å². The maximum absolute atomic E-state index is 12.8. The van der Waals surface area contributed by atoms with Gasteiger partial charge < -0.3 is 20.5 Å². The predicted octanol–water partition coefficient (Wildman–Crippen LogP) is 4.23. The summed E-state index contributed by atoms with van der Waals surface area (Å²) in [7, 11) is 0. The summed E-state index contributed by atoms with van der Waals surface area (Å²) in [5.41, 5.74) is 4.68. The average Bonchev–Trinajstić information content (AvgIpc) is 3.46. The number of ether oxygens (including phenoxy) is 1. The molecule has 3 N–H and O–H groups in total. The van der Waals surface area contributed by atoms with E-state index in [4.69, 9.17) is 9.84 Å². The van der Waals surface area contributed by atoms with Crippen LogP contribution in [0.1, 0.15) is 49.1 Å². The Labute approximate surface area is 204 Å². The molecule has 7 nitrogen and oxygen atoms in total. The lowest BCUT2D eigenvalue weighted by Crippen LogP contribution is -2.43. The number of hydrogen-bond donors (Lipinski definition) is 3. The summed E-state index contributed by atoms with van der Waals surface area (Å²) < 4.78 is 5.64. The normalized spacial score (nSPS) is 24.9. The maximum atomic E-state index is 12.8. The van der Waals surface area contributed by atoms with Crippen LogP contribution >= 0.6 is 0 Å². The van der Waals surface area contributed by atoms with Gasteiger partial charge >= 0.3 is 12.1 Å². The van der Waals surface area contributed by atoms with Crippen molar-refractivity contribution in [3.8, 4) is 11.1 Å². The van der Waals surface area contributed by atoms with E-state index in [2.05, 4.69) is 34.9 Å². The minimum absolute atomic E-state index is 0.00499. The molecule has 0 heterocycles. The van der Waals surface area contributed by atoms with Crippen LogP contribution in [0.15, 0.2) is 60.7 Å². The van der Waals surface area contributed by atoms with Gasteiger partial charge in [0.25, 0.3) is 0 Å². The Bertz CT molecular complexity index is 1110. The van der Waals surface area contributed by atoms with Gasteiger partial charge in [0.1, 0.15) is 6.61 Å². The van der Waals surface area contributed by atoms with Crippen LogP contribution in [0.5, 0.6) is 0 Å². The van der Waals surface area contributed by atoms with E-state index >= 15 is 0 Å². The number of allylic oxidation sites excluding steroid dienone is 1. The molecule has 2 aromatic carbocycles. The highest BCUT2D eigenvalue weighted by molar-refractivity contribution is 5.80. The van der Waals surface area contributed by atoms with E-state index in [0.29, 0.717) is 32.1 Å². The number of hydrogen-bond acceptors (Lipinski definition) is 4. The van der Waals surface area contributed by atoms with E-state index in [1.54, 1.807) is 0 Å². The summed E-state index contributed by atoms with van der Waals surface area (Å²) in [4.78, 5) is 36.5. The smallest absolute Gasteiger partial charge is 0.407 e. The van der Waals surface area contributed by atoms with Gasteiger partial charge in [-0.25, -0.2) is 4.79 Å². The van der Waals surface area contributed by atoms with E-state index in [1.807, 2.05) is 36.4 Å². The standard InChI is InChI=1S/C28H30N2O5/c31-26(29-20-13-12-18(15-20)27(32)33)17-6-5-7-19(14-17)30-28(34)35-16-25-23-10-3-1-8-21(23)22-9-2-4-11-24(22)25/h1-5,7-11,17-20,25H,6,12-16H2,(H,29,31)(H,30,34)(H,32,33)/t17-,18-,19-,20+/m1/s1. The average molecular weight is 475 g/mol. The second kappa shape index (κ2) is 9.94. The number of amides is 2. The number of fused-ring (bicyclic) bond motifs is 3. The molecule has 35 heavy (non-hydrogen) atoms. The van der Waals surface area contributed by atoms with Gasteiger partial charge in [-0.2, -0.15) is 0 Å². The zero-order valence-corrected chi connectivity index (χ0v) is 19.5. The number of carbonyl (C=O) groups is 3. The lowest BCUT2D eigenvalue weighted by molar-refractivity contribution is -0.141. The summed E-state index contributed by atoms with van der Waals surface area (Å²) in [6, 6.07) is 16.0. The summed E-state index contributed by atoms with van der Waals surface area (Å²) >= 11 is 0. The van der Waals surface area contributed by atoms with Crippen molar-refractivity contribution in [1.82, 2.24) is 10.6 Å². The number of rotatable bonds is 6. The van der Waals surface area contributed by atoms with E-state index in [-0.39, 0.29) is 42.4 Å². The van der Waals surface area contributed by atoms with Crippen molar-refractivity contribution >= 4 is 18.0 Å². The Morgan fingerprint density at radius 2 is 1.57 bits per heavy atom. The molecule has 3 aliphatic rings. The Morgan fingerprint density at radius 3 is 2.23 bits per heavy atom. The van der Waals surface area contributed by atoms with Crippen molar-refractivity contribution in [3.05, 3.63) is 71.8 Å². The first-order valence-electron chi connectivity index (χ1n) is 12.3. The third-order valence-electron chi connectivity index (χ3n) is 7.47. The van der Waals surface area contributed by atoms with Crippen LogP contribution in [0.25, 0.3) is 11.1 Å². The molecule has 0 bridgehead atoms. The largest absolute Gasteiger partial charge is 0.481 e. The molecule has 2 aromatic rings. The zero-order chi connectivity index (χ0) is 24.4. The molecule has 1 fully saturated rings. The highest BCUT2D eigenvalue weighted by Gasteiger charge is 2.33. The number of carbonyl (C=O) groups excluding carboxylic acids is 2. The number of nitrogens with one attached hydrogen (secondary N) is 2. The third-order valence-corrected chi connectivity index (χ3v) is 7.47. The first-order valence-corrected chi connectivity index (χ1v) is 12.3. The molecule has 7 heteroatoms. The molecule has 0 unspecified atom stereocenters. The van der Waals surface area contributed by atoms with Gasteiger partial charge in [0.05, 0.1) is 12.0 Å². The summed E-state index contributed by atoms with van der Waals surface area (Å²) in [5, 5.41) is 15.1. The molecule has 2 amide bonds. The van der Waals surface area contributed by atoms with Gasteiger partial charge in [0.2, 0.25) is 5.91 Å². The molecule has 0 radical (unpaired) electrons. The highest BCUT2D eigenvalue weighted by atomic mass is 16.5. The summed E-state index contributed by atoms with van der Waals surface area (Å²) in [6.07, 6.45) is 6.17. The fourth-order valence-electron chi connectivity index (χ4n) is 5.66. The Balaban J connectivity index is 1.13. The van der Waals surface area contributed by atoms with Gasteiger partial charge in [0, 0.05) is 17.9 Å². The van der Waals surface area contributed by atoms with Crippen molar-refractivity contribution in [2.24, 2.45) is 11.8 Å². The fraction of sp³-hybridized carbons (Fsp3) is 0.393. The Hall–Kier alpha value is -3.61. The molecule has 0 spiro atoms. The van der Waals surface area contributed by atoms with Crippen molar-refractivity contribution in [1.29, 1.82) is 0 Å². The predicted molar refractivity (Wildman–Crippen MR) is 131 cm³/mol. The Kier molecular flexibility index (Phi) is 6.57. The molecule has 1 saturated carbocycles. The number of benzene rings is 2. The molecule has 4 atom stereocenters. The third kappa shape index (κ3) is 4.94. The fourth-order valence-corrected chi connectivity index (χ4v) is 5.66. The van der Waals surface area contributed by atoms with Crippen molar-refractivity contribution in [2.45, 2.75) is 50.1 Å². The quantitative estimate of drug-likeness (QED) is 0.544. The highest BCUT2D eigenvalue weighted by Crippen LogP contribution is 2.44. The van der Waals surface area contributed by atoms with E-state index < -0.39 is 12.1 Å². The van der Waals surface area contributed by atoms with Crippen molar-refractivity contribution in [3.63, 3.8) is 0 Å². The van der Waals surface area contributed by atoms with Crippen LogP contribution in [0.4, 0.5) is 4.79 Å². The summed E-state index contributed by atoms with van der Waals surface area (Å²) in [6.45, 7) is 0.243. The van der Waals surface area contributed by atoms with Crippen molar-refractivity contribution in [2.75, 3.05) is 6.61 Å². The molecular formula is C28H30N2O5. The van der Waals surface area contributed by atoms with Gasteiger partial charge in [0.15, 0.2) is 0 Å². The topological polar surface area (TPSA) is 105 Å². The number of carboxylic acids is 1. The van der Waals surface area contributed by atoms with Gasteiger partial charge in [-0.3, -0.25) is 9.59 Å². The van der Waals surface area contributed by atoms with Crippen LogP contribution in [-0.2, 0) is 14.3 Å². The SMILES string of the molecule is O=C(N[C@@H]1C=CC[C@@H](C(=O)N[C@H]2CC[C@@H](C(=O)O)C2)C1)OCC1c2ccccc2-c2ccccc21. The van der Waals surface area contributed by atoms with Crippen LogP contribution in [0.3, 0.4) is 0 Å². The Morgan fingerprint density at radius 1 is 0.886 bits per heavy atom. The van der Waals surface area contributed by atoms with Gasteiger partial charge in [-0.15, -0.1) is 0 Å². The maximum Gasteiger partial charge on any atom is 0.407 e. The minimum Gasteiger partial charge on any atom is -0.481 e. The molecule has 0 aliphatic heterocycles. The van der Waals surface area contributed by atoms with Crippen LogP contribution < -0.4 is 10.6 Å². The lowest BCUT2D eigenvalue weighted by Gasteiger charge is -2.26.